The molecule has 3 aromatic carbocycles. The molecule has 22 heavy (non-hydrogen) atoms. The Hall–Kier alpha value is -1.60. The molecule has 0 aliphatic rings. The molecule has 1 radical (unpaired) electrons. The van der Waals surface area contributed by atoms with Crippen molar-refractivity contribution >= 4 is 39.6 Å². The topological polar surface area (TPSA) is 0 Å². The molecule has 2 heteroatoms. The van der Waals surface area contributed by atoms with Crippen molar-refractivity contribution in [2.24, 2.45) is 0 Å². The molecule has 3 rings (SSSR count). The summed E-state index contributed by atoms with van der Waals surface area (Å²) < 4.78 is 0.458. The summed E-state index contributed by atoms with van der Waals surface area (Å²) >= 11 is 3.44. The van der Waals surface area contributed by atoms with Crippen molar-refractivity contribution in [2.75, 3.05) is 0 Å². The first kappa shape index (κ1) is 15.3. The molecule has 3 aromatic rings. The van der Waals surface area contributed by atoms with Gasteiger partial charge in [0.1, 0.15) is 0 Å². The molecule has 1 unspecified atom stereocenters. The average molecular weight is 366 g/mol. The molecule has 1 atom stereocenters. The van der Waals surface area contributed by atoms with Crippen LogP contribution in [0, 0.1) is 0 Å². The summed E-state index contributed by atoms with van der Waals surface area (Å²) in [6.07, 6.45) is 0. The van der Waals surface area contributed by atoms with Crippen LogP contribution in [-0.4, -0.2) is 24.1 Å². The Labute approximate surface area is 142 Å². The second-order valence-corrected chi connectivity index (χ2v) is 12.2. The van der Waals surface area contributed by atoms with E-state index in [9.17, 15) is 0 Å². The van der Waals surface area contributed by atoms with Crippen molar-refractivity contribution in [3.8, 4) is 0 Å². The summed E-state index contributed by atoms with van der Waals surface area (Å²) in [4.78, 5) is 0. The zero-order chi connectivity index (χ0) is 15.4. The van der Waals surface area contributed by atoms with Gasteiger partial charge < -0.3 is 0 Å². The molecular weight excluding hydrogens is 347 g/mol. The fraction of sp³-hybridized carbons (Fsp3) is 0.100. The van der Waals surface area contributed by atoms with Gasteiger partial charge in [0.05, 0.1) is 0 Å². The SMILES string of the molecule is CC([Se])[Si](c1ccccc1)(c1ccccc1)c1ccccc1. The van der Waals surface area contributed by atoms with Gasteiger partial charge in [0.15, 0.2) is 0 Å². The molecule has 0 bridgehead atoms. The normalized spacial score (nSPS) is 12.8. The number of benzene rings is 3. The van der Waals surface area contributed by atoms with Crippen LogP contribution in [0.15, 0.2) is 91.0 Å². The molecule has 0 aliphatic heterocycles. The summed E-state index contributed by atoms with van der Waals surface area (Å²) in [6.45, 7) is 2.32. The van der Waals surface area contributed by atoms with Crippen molar-refractivity contribution in [3.05, 3.63) is 91.0 Å². The Balaban J connectivity index is 2.34. The van der Waals surface area contributed by atoms with Crippen LogP contribution in [0.4, 0.5) is 0 Å². The van der Waals surface area contributed by atoms with Crippen LogP contribution in [0.25, 0.3) is 0 Å². The third kappa shape index (κ3) is 2.59. The van der Waals surface area contributed by atoms with Gasteiger partial charge in [-0.1, -0.05) is 0 Å². The maximum absolute atomic E-state index is 3.44. The van der Waals surface area contributed by atoms with Crippen LogP contribution in [-0.2, 0) is 0 Å². The molecule has 0 aromatic heterocycles. The van der Waals surface area contributed by atoms with Crippen LogP contribution >= 0.6 is 0 Å². The van der Waals surface area contributed by atoms with Gasteiger partial charge in [0, 0.05) is 0 Å². The molecule has 0 amide bonds. The quantitative estimate of drug-likeness (QED) is 0.492. The first-order valence-electron chi connectivity index (χ1n) is 7.58. The monoisotopic (exact) mass is 367 g/mol. The molecule has 0 nitrogen and oxygen atoms in total. The fourth-order valence-electron chi connectivity index (χ4n) is 3.31. The molecule has 0 aliphatic carbocycles. The zero-order valence-electron chi connectivity index (χ0n) is 12.6. The molecule has 0 fully saturated rings. The van der Waals surface area contributed by atoms with Gasteiger partial charge in [0.2, 0.25) is 0 Å². The second kappa shape index (κ2) is 6.66. The first-order chi connectivity index (χ1) is 10.8. The number of hydrogen-bond acceptors (Lipinski definition) is 0. The molecular formula is C20H19SeSi. The Kier molecular flexibility index (Phi) is 4.63. The van der Waals surface area contributed by atoms with Gasteiger partial charge in [-0.05, 0) is 0 Å². The Bertz CT molecular complexity index is 612. The molecule has 109 valence electrons. The van der Waals surface area contributed by atoms with Gasteiger partial charge >= 0.3 is 142 Å². The van der Waals surface area contributed by atoms with E-state index >= 15 is 0 Å². The van der Waals surface area contributed by atoms with Crippen molar-refractivity contribution in [2.45, 2.75) is 11.4 Å². The zero-order valence-corrected chi connectivity index (χ0v) is 15.4. The summed E-state index contributed by atoms with van der Waals surface area (Å²) in [5.74, 6) is 0. The van der Waals surface area contributed by atoms with E-state index < -0.39 is 8.07 Å². The van der Waals surface area contributed by atoms with Crippen molar-refractivity contribution in [3.63, 3.8) is 0 Å². The molecule has 0 spiro atoms. The third-order valence-corrected chi connectivity index (χ3v) is 11.5. The molecule has 0 heterocycles. The summed E-state index contributed by atoms with van der Waals surface area (Å²) in [6, 6.07) is 33.0. The Morgan fingerprint density at radius 2 is 0.864 bits per heavy atom. The standard InChI is InChI=1S/C20H19SeSi/c1-17(21)22(18-11-5-2-6-12-18,19-13-7-3-8-14-19)20-15-9-4-10-16-20/h2-17H,1H3. The van der Waals surface area contributed by atoms with Crippen LogP contribution in [0.2, 0.25) is 4.44 Å². The molecule has 0 N–H and O–H groups in total. The second-order valence-electron chi connectivity index (χ2n) is 5.55. The first-order valence-corrected chi connectivity index (χ1v) is 10.7. The predicted octanol–water partition coefficient (Wildman–Crippen LogP) is 2.67. The van der Waals surface area contributed by atoms with E-state index in [4.69, 9.17) is 0 Å². The van der Waals surface area contributed by atoms with Crippen LogP contribution in [0.3, 0.4) is 0 Å². The molecule has 0 saturated heterocycles. The summed E-state index contributed by atoms with van der Waals surface area (Å²) in [5.41, 5.74) is 0. The van der Waals surface area contributed by atoms with E-state index in [1.807, 2.05) is 0 Å². The van der Waals surface area contributed by atoms with E-state index in [1.54, 1.807) is 0 Å². The van der Waals surface area contributed by atoms with Gasteiger partial charge in [-0.3, -0.25) is 0 Å². The van der Waals surface area contributed by atoms with Crippen LogP contribution < -0.4 is 15.6 Å². The third-order valence-electron chi connectivity index (χ3n) is 4.30. The minimum atomic E-state index is -2.06. The summed E-state index contributed by atoms with van der Waals surface area (Å²) in [5, 5.41) is 4.37. The predicted molar refractivity (Wildman–Crippen MR) is 99.2 cm³/mol. The van der Waals surface area contributed by atoms with Gasteiger partial charge in [-0.2, -0.15) is 0 Å². The van der Waals surface area contributed by atoms with E-state index in [2.05, 4.69) is 114 Å². The van der Waals surface area contributed by atoms with Crippen molar-refractivity contribution < 1.29 is 0 Å². The van der Waals surface area contributed by atoms with Crippen LogP contribution in [0.5, 0.6) is 0 Å². The number of rotatable bonds is 4. The number of hydrogen-bond donors (Lipinski definition) is 0. The fourth-order valence-corrected chi connectivity index (χ4v) is 10.4. The summed E-state index contributed by atoms with van der Waals surface area (Å²) in [7, 11) is -2.06. The van der Waals surface area contributed by atoms with Gasteiger partial charge in [-0.25, -0.2) is 0 Å². The Morgan fingerprint density at radius 3 is 1.09 bits per heavy atom. The van der Waals surface area contributed by atoms with Crippen molar-refractivity contribution in [1.29, 1.82) is 0 Å². The van der Waals surface area contributed by atoms with E-state index in [1.165, 1.54) is 15.6 Å². The molecule has 0 saturated carbocycles. The van der Waals surface area contributed by atoms with Gasteiger partial charge in [0.25, 0.3) is 0 Å². The van der Waals surface area contributed by atoms with Crippen molar-refractivity contribution in [1.82, 2.24) is 0 Å². The van der Waals surface area contributed by atoms with Crippen LogP contribution in [0.1, 0.15) is 6.92 Å². The van der Waals surface area contributed by atoms with E-state index in [-0.39, 0.29) is 0 Å². The van der Waals surface area contributed by atoms with Gasteiger partial charge in [-0.15, -0.1) is 0 Å². The van der Waals surface area contributed by atoms with E-state index in [0.717, 1.165) is 0 Å². The average Bonchev–Trinajstić information content (AvgIpc) is 2.58. The minimum absolute atomic E-state index is 0.458. The Morgan fingerprint density at radius 1 is 0.591 bits per heavy atom. The van der Waals surface area contributed by atoms with E-state index in [0.29, 0.717) is 4.44 Å². The maximum atomic E-state index is 3.44.